The smallest absolute Gasteiger partial charge is 0.345 e. The van der Waals surface area contributed by atoms with E-state index in [9.17, 15) is 9.59 Å². The first-order chi connectivity index (χ1) is 12.5. The molecule has 1 amide bonds. The van der Waals surface area contributed by atoms with E-state index in [-0.39, 0.29) is 17.6 Å². The molecule has 3 rings (SSSR count). The topological polar surface area (TPSA) is 78.1 Å². The molecule has 1 unspecified atom stereocenters. The third kappa shape index (κ3) is 5.02. The summed E-state index contributed by atoms with van der Waals surface area (Å²) in [6, 6.07) is 4.46. The quantitative estimate of drug-likeness (QED) is 0.812. The Balaban J connectivity index is 1.49. The van der Waals surface area contributed by atoms with Crippen molar-refractivity contribution >= 4 is 17.2 Å². The average molecular weight is 375 g/mol. The van der Waals surface area contributed by atoms with Crippen LogP contribution >= 0.6 is 11.3 Å². The number of H-pyrrole nitrogens is 1. The molecule has 0 radical (unpaired) electrons. The van der Waals surface area contributed by atoms with Crippen LogP contribution in [0.25, 0.3) is 0 Å². The fourth-order valence-corrected chi connectivity index (χ4v) is 4.35. The van der Waals surface area contributed by atoms with E-state index in [0.29, 0.717) is 18.5 Å². The van der Waals surface area contributed by atoms with Gasteiger partial charge in [-0.1, -0.05) is 6.07 Å². The molecule has 1 saturated heterocycles. The molecule has 0 spiro atoms. The third-order valence-electron chi connectivity index (χ3n) is 4.89. The van der Waals surface area contributed by atoms with Gasteiger partial charge in [0.1, 0.15) is 0 Å². The van der Waals surface area contributed by atoms with E-state index in [0.717, 1.165) is 43.7 Å². The van der Waals surface area contributed by atoms with Gasteiger partial charge in [0.25, 0.3) is 0 Å². The Morgan fingerprint density at radius 3 is 3.04 bits per heavy atom. The highest BCUT2D eigenvalue weighted by Gasteiger charge is 2.21. The Hall–Kier alpha value is -1.99. The SMILES string of the molecule is Cc1nc(=O)[nH]c(C)c1CCC(=O)NC1CCCN(Cc2cccs2)C1. The van der Waals surface area contributed by atoms with Crippen LogP contribution in [-0.4, -0.2) is 39.9 Å². The van der Waals surface area contributed by atoms with Crippen LogP contribution in [-0.2, 0) is 17.8 Å². The van der Waals surface area contributed by atoms with Crippen LogP contribution in [0.5, 0.6) is 0 Å². The van der Waals surface area contributed by atoms with Crippen molar-refractivity contribution in [2.45, 2.75) is 52.1 Å². The summed E-state index contributed by atoms with van der Waals surface area (Å²) in [6.07, 6.45) is 3.15. The number of nitrogens with zero attached hydrogens (tertiary/aromatic N) is 2. The summed E-state index contributed by atoms with van der Waals surface area (Å²) in [4.78, 5) is 34.2. The number of likely N-dealkylation sites (tertiary alicyclic amines) is 1. The first kappa shape index (κ1) is 18.8. The highest BCUT2D eigenvalue weighted by molar-refractivity contribution is 7.09. The normalized spacial score (nSPS) is 18.0. The van der Waals surface area contributed by atoms with Gasteiger partial charge in [-0.15, -0.1) is 11.3 Å². The Labute approximate surface area is 157 Å². The molecule has 2 aromatic heterocycles. The van der Waals surface area contributed by atoms with E-state index in [1.54, 1.807) is 11.3 Å². The van der Waals surface area contributed by atoms with Gasteiger partial charge < -0.3 is 10.3 Å². The molecular formula is C19H26N4O2S. The van der Waals surface area contributed by atoms with Crippen LogP contribution in [0.15, 0.2) is 22.3 Å². The molecule has 3 heterocycles. The second-order valence-electron chi connectivity index (χ2n) is 6.95. The Bertz CT molecular complexity index is 774. The summed E-state index contributed by atoms with van der Waals surface area (Å²) >= 11 is 1.78. The number of hydrogen-bond donors (Lipinski definition) is 2. The summed E-state index contributed by atoms with van der Waals surface area (Å²) in [6.45, 7) is 6.63. The number of thiophene rings is 1. The van der Waals surface area contributed by atoms with E-state index in [4.69, 9.17) is 0 Å². The standard InChI is InChI=1S/C19H26N4O2S/c1-13-17(14(2)21-19(25)20-13)7-8-18(24)22-15-5-3-9-23(11-15)12-16-6-4-10-26-16/h4,6,10,15H,3,5,7-9,11-12H2,1-2H3,(H,22,24)(H,20,21,25). The van der Waals surface area contributed by atoms with Crippen LogP contribution in [0, 0.1) is 13.8 Å². The Morgan fingerprint density at radius 1 is 1.46 bits per heavy atom. The van der Waals surface area contributed by atoms with Crippen LogP contribution in [0.1, 0.15) is 41.1 Å². The summed E-state index contributed by atoms with van der Waals surface area (Å²) in [5, 5.41) is 5.28. The minimum absolute atomic E-state index is 0.0676. The number of hydrogen-bond acceptors (Lipinski definition) is 5. The Morgan fingerprint density at radius 2 is 2.31 bits per heavy atom. The molecule has 140 valence electrons. The van der Waals surface area contributed by atoms with Crippen molar-refractivity contribution in [2.75, 3.05) is 13.1 Å². The van der Waals surface area contributed by atoms with Gasteiger partial charge in [-0.25, -0.2) is 4.79 Å². The van der Waals surface area contributed by atoms with Crippen LogP contribution in [0.4, 0.5) is 0 Å². The van der Waals surface area contributed by atoms with Crippen molar-refractivity contribution < 1.29 is 4.79 Å². The van der Waals surface area contributed by atoms with E-state index in [1.807, 2.05) is 13.8 Å². The van der Waals surface area contributed by atoms with Crippen molar-refractivity contribution in [3.63, 3.8) is 0 Å². The summed E-state index contributed by atoms with van der Waals surface area (Å²) in [7, 11) is 0. The first-order valence-corrected chi connectivity index (χ1v) is 9.99. The minimum Gasteiger partial charge on any atom is -0.352 e. The average Bonchev–Trinajstić information content (AvgIpc) is 3.07. The fourth-order valence-electron chi connectivity index (χ4n) is 3.60. The van der Waals surface area contributed by atoms with Gasteiger partial charge in [-0.05, 0) is 56.7 Å². The first-order valence-electron chi connectivity index (χ1n) is 9.12. The zero-order chi connectivity index (χ0) is 18.5. The lowest BCUT2D eigenvalue weighted by Crippen LogP contribution is -2.47. The fraction of sp³-hybridized carbons (Fsp3) is 0.526. The molecule has 1 aliphatic rings. The van der Waals surface area contributed by atoms with E-state index >= 15 is 0 Å². The maximum atomic E-state index is 12.4. The third-order valence-corrected chi connectivity index (χ3v) is 5.75. The molecule has 2 aromatic rings. The largest absolute Gasteiger partial charge is 0.352 e. The number of aromatic nitrogens is 2. The lowest BCUT2D eigenvalue weighted by atomic mass is 10.0. The number of piperidine rings is 1. The van der Waals surface area contributed by atoms with Crippen LogP contribution in [0.3, 0.4) is 0 Å². The van der Waals surface area contributed by atoms with E-state index in [2.05, 4.69) is 37.7 Å². The molecule has 6 nitrogen and oxygen atoms in total. The molecule has 0 aliphatic carbocycles. The van der Waals surface area contributed by atoms with Gasteiger partial charge in [-0.3, -0.25) is 9.69 Å². The van der Waals surface area contributed by atoms with E-state index in [1.165, 1.54) is 4.88 Å². The second kappa shape index (κ2) is 8.60. The van der Waals surface area contributed by atoms with E-state index < -0.39 is 0 Å². The maximum absolute atomic E-state index is 12.4. The number of carbonyl (C=O) groups excluding carboxylic acids is 1. The Kier molecular flexibility index (Phi) is 6.21. The number of carbonyl (C=O) groups is 1. The molecule has 1 atom stereocenters. The predicted octanol–water partition coefficient (Wildman–Crippen LogP) is 2.16. The monoisotopic (exact) mass is 374 g/mol. The molecule has 0 saturated carbocycles. The molecule has 2 N–H and O–H groups in total. The lowest BCUT2D eigenvalue weighted by molar-refractivity contribution is -0.122. The molecule has 1 fully saturated rings. The highest BCUT2D eigenvalue weighted by atomic mass is 32.1. The summed E-state index contributed by atoms with van der Waals surface area (Å²) in [5.74, 6) is 0.0676. The van der Waals surface area contributed by atoms with Crippen molar-refractivity contribution in [1.82, 2.24) is 20.2 Å². The molecule has 0 bridgehead atoms. The van der Waals surface area contributed by atoms with Gasteiger partial charge in [0.15, 0.2) is 0 Å². The predicted molar refractivity (Wildman–Crippen MR) is 103 cm³/mol. The number of nitrogens with one attached hydrogen (secondary N) is 2. The van der Waals surface area contributed by atoms with Crippen molar-refractivity contribution in [2.24, 2.45) is 0 Å². The highest BCUT2D eigenvalue weighted by Crippen LogP contribution is 2.17. The van der Waals surface area contributed by atoms with Crippen molar-refractivity contribution in [1.29, 1.82) is 0 Å². The van der Waals surface area contributed by atoms with Gasteiger partial charge in [-0.2, -0.15) is 4.98 Å². The summed E-state index contributed by atoms with van der Waals surface area (Å²) in [5.41, 5.74) is 2.14. The molecular weight excluding hydrogens is 348 g/mol. The molecule has 0 aromatic carbocycles. The lowest BCUT2D eigenvalue weighted by Gasteiger charge is -2.32. The van der Waals surface area contributed by atoms with Crippen LogP contribution < -0.4 is 11.0 Å². The molecule has 26 heavy (non-hydrogen) atoms. The van der Waals surface area contributed by atoms with Gasteiger partial charge in [0, 0.05) is 41.8 Å². The zero-order valence-corrected chi connectivity index (χ0v) is 16.2. The minimum atomic E-state index is -0.332. The van der Waals surface area contributed by atoms with Gasteiger partial charge >= 0.3 is 5.69 Å². The number of aromatic amines is 1. The number of aryl methyl sites for hydroxylation is 2. The maximum Gasteiger partial charge on any atom is 0.345 e. The molecule has 7 heteroatoms. The number of amides is 1. The zero-order valence-electron chi connectivity index (χ0n) is 15.4. The molecule has 1 aliphatic heterocycles. The van der Waals surface area contributed by atoms with Crippen LogP contribution in [0.2, 0.25) is 0 Å². The van der Waals surface area contributed by atoms with Crippen molar-refractivity contribution in [3.8, 4) is 0 Å². The number of rotatable bonds is 6. The second-order valence-corrected chi connectivity index (χ2v) is 7.98. The van der Waals surface area contributed by atoms with Gasteiger partial charge in [0.05, 0.1) is 0 Å². The summed E-state index contributed by atoms with van der Waals surface area (Å²) < 4.78 is 0. The van der Waals surface area contributed by atoms with Crippen molar-refractivity contribution in [3.05, 3.63) is 49.8 Å². The van der Waals surface area contributed by atoms with Gasteiger partial charge in [0.2, 0.25) is 5.91 Å².